The monoisotopic (exact) mass is 351 g/mol. The molecule has 2 heterocycles. The van der Waals surface area contributed by atoms with Crippen LogP contribution in [0.25, 0.3) is 22.2 Å². The molecule has 0 spiro atoms. The van der Waals surface area contributed by atoms with Crippen LogP contribution in [0.5, 0.6) is 11.5 Å². The van der Waals surface area contributed by atoms with Crippen LogP contribution in [-0.4, -0.2) is 50.5 Å². The minimum Gasteiger partial charge on any atom is -0.493 e. The van der Waals surface area contributed by atoms with E-state index in [1.54, 1.807) is 14.2 Å². The van der Waals surface area contributed by atoms with Crippen LogP contribution in [0.1, 0.15) is 0 Å². The fourth-order valence-electron chi connectivity index (χ4n) is 3.14. The summed E-state index contributed by atoms with van der Waals surface area (Å²) in [7, 11) is 3.28. The SMILES string of the molecule is COc1ccc(-c2ccc3ncc(N4CCOCC4)nc3c2)cc1OC. The van der Waals surface area contributed by atoms with Gasteiger partial charge in [-0.15, -0.1) is 0 Å². The Labute approximate surface area is 152 Å². The van der Waals surface area contributed by atoms with Gasteiger partial charge in [-0.25, -0.2) is 4.98 Å². The molecule has 4 rings (SSSR count). The zero-order valence-corrected chi connectivity index (χ0v) is 14.9. The number of benzene rings is 2. The highest BCUT2D eigenvalue weighted by Crippen LogP contribution is 2.33. The van der Waals surface area contributed by atoms with Crippen molar-refractivity contribution in [3.05, 3.63) is 42.6 Å². The highest BCUT2D eigenvalue weighted by atomic mass is 16.5. The van der Waals surface area contributed by atoms with Gasteiger partial charge in [-0.2, -0.15) is 0 Å². The van der Waals surface area contributed by atoms with E-state index in [-0.39, 0.29) is 0 Å². The molecule has 0 bridgehead atoms. The maximum Gasteiger partial charge on any atom is 0.161 e. The van der Waals surface area contributed by atoms with Crippen LogP contribution >= 0.6 is 0 Å². The molecule has 2 aromatic carbocycles. The van der Waals surface area contributed by atoms with E-state index in [1.807, 2.05) is 36.5 Å². The first-order valence-electron chi connectivity index (χ1n) is 8.60. The Balaban J connectivity index is 1.72. The van der Waals surface area contributed by atoms with Gasteiger partial charge in [0.1, 0.15) is 5.82 Å². The minimum absolute atomic E-state index is 0.707. The normalized spacial score (nSPS) is 14.5. The highest BCUT2D eigenvalue weighted by Gasteiger charge is 2.14. The summed E-state index contributed by atoms with van der Waals surface area (Å²) in [5.74, 6) is 2.31. The van der Waals surface area contributed by atoms with Crippen LogP contribution < -0.4 is 14.4 Å². The molecule has 1 aromatic heterocycles. The lowest BCUT2D eigenvalue weighted by molar-refractivity contribution is 0.122. The van der Waals surface area contributed by atoms with Crippen molar-refractivity contribution in [1.82, 2.24) is 9.97 Å². The zero-order chi connectivity index (χ0) is 17.9. The highest BCUT2D eigenvalue weighted by molar-refractivity contribution is 5.82. The summed E-state index contributed by atoms with van der Waals surface area (Å²) in [6.07, 6.45) is 1.84. The van der Waals surface area contributed by atoms with Gasteiger partial charge in [-0.3, -0.25) is 4.98 Å². The van der Waals surface area contributed by atoms with E-state index < -0.39 is 0 Å². The first kappa shape index (κ1) is 16.6. The molecule has 3 aromatic rings. The van der Waals surface area contributed by atoms with Crippen molar-refractivity contribution in [3.63, 3.8) is 0 Å². The van der Waals surface area contributed by atoms with Gasteiger partial charge in [0, 0.05) is 13.1 Å². The molecule has 6 nitrogen and oxygen atoms in total. The minimum atomic E-state index is 0.707. The van der Waals surface area contributed by atoms with Crippen molar-refractivity contribution in [2.75, 3.05) is 45.4 Å². The van der Waals surface area contributed by atoms with E-state index in [1.165, 1.54) is 0 Å². The second kappa shape index (κ2) is 7.17. The Hall–Kier alpha value is -2.86. The quantitative estimate of drug-likeness (QED) is 0.720. The molecular formula is C20H21N3O3. The Morgan fingerprint density at radius 1 is 0.885 bits per heavy atom. The van der Waals surface area contributed by atoms with Gasteiger partial charge < -0.3 is 19.1 Å². The molecule has 0 amide bonds. The number of hydrogen-bond acceptors (Lipinski definition) is 6. The molecule has 26 heavy (non-hydrogen) atoms. The second-order valence-electron chi connectivity index (χ2n) is 6.10. The van der Waals surface area contributed by atoms with E-state index in [9.17, 15) is 0 Å². The van der Waals surface area contributed by atoms with Gasteiger partial charge in [0.15, 0.2) is 11.5 Å². The third-order valence-corrected chi connectivity index (χ3v) is 4.58. The Morgan fingerprint density at radius 3 is 2.38 bits per heavy atom. The average Bonchev–Trinajstić information content (AvgIpc) is 2.73. The summed E-state index contributed by atoms with van der Waals surface area (Å²) in [5, 5.41) is 0. The predicted octanol–water partition coefficient (Wildman–Crippen LogP) is 3.15. The van der Waals surface area contributed by atoms with E-state index in [4.69, 9.17) is 19.2 Å². The lowest BCUT2D eigenvalue weighted by atomic mass is 10.0. The molecule has 1 aliphatic heterocycles. The maximum absolute atomic E-state index is 5.41. The summed E-state index contributed by atoms with van der Waals surface area (Å²) >= 11 is 0. The third kappa shape index (κ3) is 3.15. The van der Waals surface area contributed by atoms with Crippen LogP contribution in [0.15, 0.2) is 42.6 Å². The topological polar surface area (TPSA) is 56.7 Å². The lowest BCUT2D eigenvalue weighted by Crippen LogP contribution is -2.36. The first-order chi connectivity index (χ1) is 12.8. The molecule has 1 fully saturated rings. The molecule has 6 heteroatoms. The van der Waals surface area contributed by atoms with Crippen LogP contribution in [0.4, 0.5) is 5.82 Å². The summed E-state index contributed by atoms with van der Waals surface area (Å²) in [5.41, 5.74) is 3.86. The number of ether oxygens (including phenoxy) is 3. The lowest BCUT2D eigenvalue weighted by Gasteiger charge is -2.27. The first-order valence-corrected chi connectivity index (χ1v) is 8.60. The fourth-order valence-corrected chi connectivity index (χ4v) is 3.14. The number of nitrogens with zero attached hydrogens (tertiary/aromatic N) is 3. The molecule has 0 N–H and O–H groups in total. The van der Waals surface area contributed by atoms with Gasteiger partial charge in [-0.05, 0) is 35.4 Å². The fraction of sp³-hybridized carbons (Fsp3) is 0.300. The maximum atomic E-state index is 5.41. The van der Waals surface area contributed by atoms with E-state index >= 15 is 0 Å². The van der Waals surface area contributed by atoms with Gasteiger partial charge in [0.05, 0.1) is 44.7 Å². The van der Waals surface area contributed by atoms with E-state index in [0.717, 1.165) is 54.3 Å². The van der Waals surface area contributed by atoms with E-state index in [0.29, 0.717) is 11.5 Å². The Morgan fingerprint density at radius 2 is 1.62 bits per heavy atom. The van der Waals surface area contributed by atoms with Crippen LogP contribution in [0, 0.1) is 0 Å². The molecular weight excluding hydrogens is 330 g/mol. The molecule has 0 radical (unpaired) electrons. The number of aromatic nitrogens is 2. The average molecular weight is 351 g/mol. The van der Waals surface area contributed by atoms with Crippen molar-refractivity contribution in [1.29, 1.82) is 0 Å². The molecule has 1 saturated heterocycles. The van der Waals surface area contributed by atoms with Crippen LogP contribution in [0.3, 0.4) is 0 Å². The van der Waals surface area contributed by atoms with Crippen molar-refractivity contribution in [2.45, 2.75) is 0 Å². The summed E-state index contributed by atoms with van der Waals surface area (Å²) in [4.78, 5) is 11.6. The number of morpholine rings is 1. The second-order valence-corrected chi connectivity index (χ2v) is 6.10. The molecule has 1 aliphatic rings. The van der Waals surface area contributed by atoms with Crippen LogP contribution in [0.2, 0.25) is 0 Å². The smallest absolute Gasteiger partial charge is 0.161 e. The number of rotatable bonds is 4. The molecule has 0 aliphatic carbocycles. The Kier molecular flexibility index (Phi) is 4.58. The number of methoxy groups -OCH3 is 2. The Bertz CT molecular complexity index is 923. The van der Waals surface area contributed by atoms with Crippen LogP contribution in [-0.2, 0) is 4.74 Å². The number of fused-ring (bicyclic) bond motifs is 1. The van der Waals surface area contributed by atoms with E-state index in [2.05, 4.69) is 16.0 Å². The summed E-state index contributed by atoms with van der Waals surface area (Å²) in [6, 6.07) is 12.0. The van der Waals surface area contributed by atoms with Gasteiger partial charge >= 0.3 is 0 Å². The zero-order valence-electron chi connectivity index (χ0n) is 14.9. The van der Waals surface area contributed by atoms with Gasteiger partial charge in [0.25, 0.3) is 0 Å². The van der Waals surface area contributed by atoms with Gasteiger partial charge in [-0.1, -0.05) is 12.1 Å². The molecule has 0 unspecified atom stereocenters. The number of hydrogen-bond donors (Lipinski definition) is 0. The molecule has 134 valence electrons. The molecule has 0 atom stereocenters. The largest absolute Gasteiger partial charge is 0.493 e. The van der Waals surface area contributed by atoms with Crippen molar-refractivity contribution >= 4 is 16.9 Å². The summed E-state index contributed by atoms with van der Waals surface area (Å²) in [6.45, 7) is 3.14. The van der Waals surface area contributed by atoms with Crippen molar-refractivity contribution < 1.29 is 14.2 Å². The summed E-state index contributed by atoms with van der Waals surface area (Å²) < 4.78 is 16.1. The predicted molar refractivity (Wildman–Crippen MR) is 101 cm³/mol. The van der Waals surface area contributed by atoms with Crippen molar-refractivity contribution in [3.8, 4) is 22.6 Å². The molecule has 0 saturated carbocycles. The van der Waals surface area contributed by atoms with Gasteiger partial charge in [0.2, 0.25) is 0 Å². The van der Waals surface area contributed by atoms with Crippen molar-refractivity contribution in [2.24, 2.45) is 0 Å². The number of anilines is 1. The standard InChI is InChI=1S/C20H21N3O3/c1-24-18-6-4-15(12-19(18)25-2)14-3-5-16-17(11-14)22-20(13-21-16)23-7-9-26-10-8-23/h3-6,11-13H,7-10H2,1-2H3. The third-order valence-electron chi connectivity index (χ3n) is 4.58.